The molecule has 0 saturated heterocycles. The summed E-state index contributed by atoms with van der Waals surface area (Å²) in [6, 6.07) is 7.19. The molecule has 1 aromatic carbocycles. The maximum absolute atomic E-state index is 12.5. The summed E-state index contributed by atoms with van der Waals surface area (Å²) < 4.78 is 0. The van der Waals surface area contributed by atoms with E-state index < -0.39 is 10.8 Å². The van der Waals surface area contributed by atoms with E-state index >= 15 is 0 Å². The topological polar surface area (TPSA) is 92.1 Å². The molecule has 0 saturated carbocycles. The fraction of sp³-hybridized carbons (Fsp3) is 0.333. The van der Waals surface area contributed by atoms with Gasteiger partial charge in [-0.15, -0.1) is 0 Å². The van der Waals surface area contributed by atoms with Crippen LogP contribution in [0.15, 0.2) is 24.3 Å². The Hall–Kier alpha value is -2.41. The molecule has 122 valence electrons. The Labute approximate surface area is 138 Å². The minimum absolute atomic E-state index is 0.153. The fourth-order valence-corrected chi connectivity index (χ4v) is 2.39. The number of amides is 1. The van der Waals surface area contributed by atoms with Gasteiger partial charge >= 0.3 is 5.69 Å². The summed E-state index contributed by atoms with van der Waals surface area (Å²) in [6.45, 7) is 3.39. The number of aromatic nitrogens is 2. The number of rotatable bonds is 5. The van der Waals surface area contributed by atoms with Crippen LogP contribution in [0.2, 0.25) is 5.02 Å². The van der Waals surface area contributed by atoms with Crippen LogP contribution < -0.4 is 0 Å². The Morgan fingerprint density at radius 1 is 1.43 bits per heavy atom. The standard InChI is InChI=1S/C15H17ClN4O3/c1-9(8-11-4-6-12(16)7-5-11)19(3)15(21)13-14(20(22)23)10(2)17-18-13/h4-7,9H,8H2,1-3H3,(H,17,18)/t9-/m0/s1. The second-order valence-corrected chi connectivity index (χ2v) is 5.84. The average molecular weight is 337 g/mol. The van der Waals surface area contributed by atoms with Crippen molar-refractivity contribution in [3.05, 3.63) is 56.4 Å². The van der Waals surface area contributed by atoms with Crippen LogP contribution in [-0.4, -0.2) is 39.0 Å². The Balaban J connectivity index is 2.16. The first-order chi connectivity index (χ1) is 10.8. The van der Waals surface area contributed by atoms with E-state index in [9.17, 15) is 14.9 Å². The number of likely N-dealkylation sites (N-methyl/N-ethyl adjacent to an activating group) is 1. The minimum atomic E-state index is -0.593. The summed E-state index contributed by atoms with van der Waals surface area (Å²) in [5.41, 5.74) is 0.838. The van der Waals surface area contributed by atoms with Gasteiger partial charge in [-0.1, -0.05) is 23.7 Å². The largest absolute Gasteiger partial charge is 0.337 e. The molecule has 0 aliphatic rings. The van der Waals surface area contributed by atoms with Crippen molar-refractivity contribution in [2.75, 3.05) is 7.05 Å². The zero-order chi connectivity index (χ0) is 17.1. The minimum Gasteiger partial charge on any atom is -0.337 e. The Bertz CT molecular complexity index is 727. The third-order valence-electron chi connectivity index (χ3n) is 3.73. The van der Waals surface area contributed by atoms with Crippen molar-refractivity contribution in [3.63, 3.8) is 0 Å². The number of H-pyrrole nitrogens is 1. The maximum Gasteiger partial charge on any atom is 0.322 e. The van der Waals surface area contributed by atoms with Gasteiger partial charge < -0.3 is 4.90 Å². The number of halogens is 1. The monoisotopic (exact) mass is 336 g/mol. The molecule has 2 aromatic rings. The van der Waals surface area contributed by atoms with E-state index in [0.717, 1.165) is 5.56 Å². The van der Waals surface area contributed by atoms with Gasteiger partial charge in [0.1, 0.15) is 5.69 Å². The molecule has 0 fully saturated rings. The maximum atomic E-state index is 12.5. The van der Waals surface area contributed by atoms with Crippen LogP contribution in [0.5, 0.6) is 0 Å². The molecule has 23 heavy (non-hydrogen) atoms. The molecule has 1 N–H and O–H groups in total. The molecule has 1 atom stereocenters. The molecule has 7 nitrogen and oxygen atoms in total. The van der Waals surface area contributed by atoms with Gasteiger partial charge in [-0.3, -0.25) is 20.0 Å². The van der Waals surface area contributed by atoms with E-state index in [1.54, 1.807) is 19.2 Å². The zero-order valence-corrected chi connectivity index (χ0v) is 13.8. The molecule has 0 aliphatic heterocycles. The number of hydrogen-bond acceptors (Lipinski definition) is 4. The molecule has 0 spiro atoms. The van der Waals surface area contributed by atoms with Crippen molar-refractivity contribution in [2.24, 2.45) is 0 Å². The lowest BCUT2D eigenvalue weighted by Gasteiger charge is -2.24. The fourth-order valence-electron chi connectivity index (χ4n) is 2.26. The van der Waals surface area contributed by atoms with Gasteiger partial charge in [-0.25, -0.2) is 0 Å². The van der Waals surface area contributed by atoms with Crippen molar-refractivity contribution in [1.82, 2.24) is 15.1 Å². The highest BCUT2D eigenvalue weighted by Crippen LogP contribution is 2.22. The van der Waals surface area contributed by atoms with Gasteiger partial charge in [0, 0.05) is 18.1 Å². The van der Waals surface area contributed by atoms with Gasteiger partial charge in [0.15, 0.2) is 0 Å². The van der Waals surface area contributed by atoms with Crippen molar-refractivity contribution in [1.29, 1.82) is 0 Å². The summed E-state index contributed by atoms with van der Waals surface area (Å²) in [7, 11) is 1.61. The second kappa shape index (κ2) is 6.78. The van der Waals surface area contributed by atoms with Gasteiger partial charge in [0.05, 0.1) is 4.92 Å². The molecular weight excluding hydrogens is 320 g/mol. The van der Waals surface area contributed by atoms with Crippen molar-refractivity contribution in [3.8, 4) is 0 Å². The Morgan fingerprint density at radius 2 is 2.04 bits per heavy atom. The van der Waals surface area contributed by atoms with Crippen LogP contribution in [-0.2, 0) is 6.42 Å². The summed E-state index contributed by atoms with van der Waals surface area (Å²) >= 11 is 5.85. The van der Waals surface area contributed by atoms with Gasteiger partial charge in [-0.05, 0) is 38.0 Å². The Kier molecular flexibility index (Phi) is 5.00. The van der Waals surface area contributed by atoms with Crippen LogP contribution in [0.1, 0.15) is 28.7 Å². The lowest BCUT2D eigenvalue weighted by molar-refractivity contribution is -0.385. The number of benzene rings is 1. The number of nitro groups is 1. The lowest BCUT2D eigenvalue weighted by Crippen LogP contribution is -2.37. The third-order valence-corrected chi connectivity index (χ3v) is 3.98. The summed E-state index contributed by atoms with van der Waals surface area (Å²) in [5.74, 6) is -0.484. The smallest absolute Gasteiger partial charge is 0.322 e. The van der Waals surface area contributed by atoms with E-state index in [2.05, 4.69) is 10.2 Å². The lowest BCUT2D eigenvalue weighted by atomic mass is 10.1. The number of carbonyl (C=O) groups is 1. The molecule has 1 heterocycles. The van der Waals surface area contributed by atoms with Crippen LogP contribution in [0, 0.1) is 17.0 Å². The quantitative estimate of drug-likeness (QED) is 0.671. The van der Waals surface area contributed by atoms with E-state index in [4.69, 9.17) is 11.6 Å². The molecule has 8 heteroatoms. The number of aryl methyl sites for hydroxylation is 1. The molecule has 1 aromatic heterocycles. The summed E-state index contributed by atoms with van der Waals surface area (Å²) in [6.07, 6.45) is 0.608. The predicted molar refractivity (Wildman–Crippen MR) is 86.7 cm³/mol. The molecule has 0 bridgehead atoms. The summed E-state index contributed by atoms with van der Waals surface area (Å²) in [4.78, 5) is 24.4. The number of aromatic amines is 1. The summed E-state index contributed by atoms with van der Waals surface area (Å²) in [5, 5.41) is 18.0. The molecule has 0 unspecified atom stereocenters. The average Bonchev–Trinajstić information content (AvgIpc) is 2.89. The molecule has 0 aliphatic carbocycles. The number of hydrogen-bond donors (Lipinski definition) is 1. The first kappa shape index (κ1) is 17.0. The van der Waals surface area contributed by atoms with Crippen LogP contribution in [0.25, 0.3) is 0 Å². The van der Waals surface area contributed by atoms with Gasteiger partial charge in [-0.2, -0.15) is 5.10 Å². The molecule has 1 amide bonds. The first-order valence-electron chi connectivity index (χ1n) is 7.02. The van der Waals surface area contributed by atoms with Gasteiger partial charge in [0.2, 0.25) is 5.69 Å². The van der Waals surface area contributed by atoms with E-state index in [1.807, 2.05) is 19.1 Å². The second-order valence-electron chi connectivity index (χ2n) is 5.40. The van der Waals surface area contributed by atoms with Crippen LogP contribution in [0.4, 0.5) is 5.69 Å². The number of nitrogens with zero attached hydrogens (tertiary/aromatic N) is 3. The van der Waals surface area contributed by atoms with E-state index in [0.29, 0.717) is 11.4 Å². The third kappa shape index (κ3) is 3.68. The molecule has 0 radical (unpaired) electrons. The number of carbonyl (C=O) groups excluding carboxylic acids is 1. The van der Waals surface area contributed by atoms with Crippen molar-refractivity contribution < 1.29 is 9.72 Å². The zero-order valence-electron chi connectivity index (χ0n) is 13.0. The predicted octanol–water partition coefficient (Wildman–Crippen LogP) is 2.98. The van der Waals surface area contributed by atoms with E-state index in [1.165, 1.54) is 11.8 Å². The molecular formula is C15H17ClN4O3. The first-order valence-corrected chi connectivity index (χ1v) is 7.40. The highest BCUT2D eigenvalue weighted by molar-refractivity contribution is 6.30. The van der Waals surface area contributed by atoms with E-state index in [-0.39, 0.29) is 23.1 Å². The highest BCUT2D eigenvalue weighted by Gasteiger charge is 2.30. The molecule has 2 rings (SSSR count). The normalized spacial score (nSPS) is 12.0. The van der Waals surface area contributed by atoms with Crippen LogP contribution in [0.3, 0.4) is 0 Å². The Morgan fingerprint density at radius 3 is 2.61 bits per heavy atom. The van der Waals surface area contributed by atoms with Crippen molar-refractivity contribution >= 4 is 23.2 Å². The van der Waals surface area contributed by atoms with Gasteiger partial charge in [0.25, 0.3) is 5.91 Å². The SMILES string of the molecule is Cc1[nH]nc(C(=O)N(C)[C@@H](C)Cc2ccc(Cl)cc2)c1[N+](=O)[O-]. The highest BCUT2D eigenvalue weighted by atomic mass is 35.5. The number of nitrogens with one attached hydrogen (secondary N) is 1. The van der Waals surface area contributed by atoms with Crippen LogP contribution >= 0.6 is 11.6 Å². The van der Waals surface area contributed by atoms with Crippen molar-refractivity contribution in [2.45, 2.75) is 26.3 Å².